The number of aromatic nitrogens is 1. The van der Waals surface area contributed by atoms with E-state index in [9.17, 15) is 0 Å². The molecule has 0 aliphatic carbocycles. The summed E-state index contributed by atoms with van der Waals surface area (Å²) in [5.41, 5.74) is 3.43. The summed E-state index contributed by atoms with van der Waals surface area (Å²) in [7, 11) is 0. The molecule has 0 radical (unpaired) electrons. The standard InChI is InChI=1S/C16H15NS/c1-3-13-6-9-16(18-13)15-8-5-12-10-11(2)4-7-14(12)17-15/h4-10H,3H2,1-2H3. The fraction of sp³-hybridized carbons (Fsp3) is 0.188. The third-order valence-corrected chi connectivity index (χ3v) is 4.36. The van der Waals surface area contributed by atoms with Gasteiger partial charge in [-0.25, -0.2) is 4.98 Å². The first kappa shape index (κ1) is 11.4. The van der Waals surface area contributed by atoms with Crippen molar-refractivity contribution in [3.63, 3.8) is 0 Å². The zero-order valence-corrected chi connectivity index (χ0v) is 11.4. The van der Waals surface area contributed by atoms with Crippen LogP contribution in [0.5, 0.6) is 0 Å². The molecule has 3 rings (SSSR count). The van der Waals surface area contributed by atoms with Crippen molar-refractivity contribution in [2.24, 2.45) is 0 Å². The molecule has 3 aromatic rings. The number of rotatable bonds is 2. The van der Waals surface area contributed by atoms with Crippen LogP contribution in [0.25, 0.3) is 21.5 Å². The molecule has 0 aliphatic rings. The molecule has 0 N–H and O–H groups in total. The lowest BCUT2D eigenvalue weighted by atomic mass is 10.1. The van der Waals surface area contributed by atoms with Crippen LogP contribution in [0.2, 0.25) is 0 Å². The average molecular weight is 253 g/mol. The van der Waals surface area contributed by atoms with Gasteiger partial charge >= 0.3 is 0 Å². The van der Waals surface area contributed by atoms with Gasteiger partial charge in [0.05, 0.1) is 16.1 Å². The Balaban J connectivity index is 2.10. The van der Waals surface area contributed by atoms with Crippen molar-refractivity contribution < 1.29 is 0 Å². The molecule has 0 amide bonds. The first-order chi connectivity index (χ1) is 8.76. The highest BCUT2D eigenvalue weighted by atomic mass is 32.1. The largest absolute Gasteiger partial charge is 0.247 e. The van der Waals surface area contributed by atoms with Crippen LogP contribution in [0.4, 0.5) is 0 Å². The minimum absolute atomic E-state index is 1.07. The predicted molar refractivity (Wildman–Crippen MR) is 79.2 cm³/mol. The molecule has 1 aromatic carbocycles. The molecule has 0 saturated carbocycles. The second-order valence-electron chi connectivity index (χ2n) is 4.51. The predicted octanol–water partition coefficient (Wildman–Crippen LogP) is 4.83. The van der Waals surface area contributed by atoms with Crippen molar-refractivity contribution in [2.45, 2.75) is 20.3 Å². The molecule has 2 heterocycles. The quantitative estimate of drug-likeness (QED) is 0.637. The Morgan fingerprint density at radius 3 is 2.72 bits per heavy atom. The SMILES string of the molecule is CCc1ccc(-c2ccc3cc(C)ccc3n2)s1. The highest BCUT2D eigenvalue weighted by molar-refractivity contribution is 7.15. The van der Waals surface area contributed by atoms with Gasteiger partial charge in [-0.1, -0.05) is 24.6 Å². The molecule has 0 atom stereocenters. The normalized spacial score (nSPS) is 11.0. The van der Waals surface area contributed by atoms with E-state index in [-0.39, 0.29) is 0 Å². The summed E-state index contributed by atoms with van der Waals surface area (Å²) in [5.74, 6) is 0. The van der Waals surface area contributed by atoms with E-state index in [2.05, 4.69) is 56.3 Å². The van der Waals surface area contributed by atoms with Crippen LogP contribution in [0.15, 0.2) is 42.5 Å². The van der Waals surface area contributed by atoms with Gasteiger partial charge in [0.25, 0.3) is 0 Å². The molecular formula is C16H15NS. The van der Waals surface area contributed by atoms with Gasteiger partial charge in [0.1, 0.15) is 0 Å². The Morgan fingerprint density at radius 1 is 1.06 bits per heavy atom. The van der Waals surface area contributed by atoms with E-state index in [4.69, 9.17) is 4.98 Å². The molecule has 2 heteroatoms. The third-order valence-electron chi connectivity index (χ3n) is 3.11. The molecule has 0 fully saturated rings. The molecule has 0 aliphatic heterocycles. The Morgan fingerprint density at radius 2 is 1.94 bits per heavy atom. The van der Waals surface area contributed by atoms with Gasteiger partial charge in [-0.2, -0.15) is 0 Å². The summed E-state index contributed by atoms with van der Waals surface area (Å²) in [6.45, 7) is 4.30. The van der Waals surface area contributed by atoms with Crippen molar-refractivity contribution in [3.05, 3.63) is 52.9 Å². The first-order valence-electron chi connectivity index (χ1n) is 6.23. The van der Waals surface area contributed by atoms with Gasteiger partial charge in [0, 0.05) is 10.3 Å². The lowest BCUT2D eigenvalue weighted by molar-refractivity contribution is 1.19. The van der Waals surface area contributed by atoms with Gasteiger partial charge in [0.15, 0.2) is 0 Å². The van der Waals surface area contributed by atoms with Gasteiger partial charge < -0.3 is 0 Å². The molecule has 1 nitrogen and oxygen atoms in total. The van der Waals surface area contributed by atoms with E-state index in [1.807, 2.05) is 11.3 Å². The number of fused-ring (bicyclic) bond motifs is 1. The van der Waals surface area contributed by atoms with Gasteiger partial charge in [-0.3, -0.25) is 0 Å². The average Bonchev–Trinajstić information content (AvgIpc) is 2.87. The summed E-state index contributed by atoms with van der Waals surface area (Å²) >= 11 is 1.84. The highest BCUT2D eigenvalue weighted by Gasteiger charge is 2.04. The third kappa shape index (κ3) is 2.04. The van der Waals surface area contributed by atoms with Crippen LogP contribution in [0.3, 0.4) is 0 Å². The van der Waals surface area contributed by atoms with E-state index in [1.165, 1.54) is 20.7 Å². The lowest BCUT2D eigenvalue weighted by Gasteiger charge is -2.02. The molecule has 0 spiro atoms. The van der Waals surface area contributed by atoms with Crippen LogP contribution in [0, 0.1) is 6.92 Å². The van der Waals surface area contributed by atoms with Gasteiger partial charge in [-0.15, -0.1) is 11.3 Å². The smallest absolute Gasteiger partial charge is 0.0809 e. The number of benzene rings is 1. The number of pyridine rings is 1. The Kier molecular flexibility index (Phi) is 2.88. The maximum atomic E-state index is 4.74. The Labute approximate surface area is 111 Å². The number of aryl methyl sites for hydroxylation is 2. The van der Waals surface area contributed by atoms with Crippen molar-refractivity contribution in [1.29, 1.82) is 0 Å². The second kappa shape index (κ2) is 4.54. The molecule has 90 valence electrons. The fourth-order valence-electron chi connectivity index (χ4n) is 2.09. The molecular weight excluding hydrogens is 238 g/mol. The zero-order chi connectivity index (χ0) is 12.5. The van der Waals surface area contributed by atoms with Crippen LogP contribution >= 0.6 is 11.3 Å². The van der Waals surface area contributed by atoms with Gasteiger partial charge in [0.2, 0.25) is 0 Å². The minimum atomic E-state index is 1.07. The van der Waals surface area contributed by atoms with Crippen molar-refractivity contribution >= 4 is 22.2 Å². The van der Waals surface area contributed by atoms with Crippen molar-refractivity contribution in [2.75, 3.05) is 0 Å². The Hall–Kier alpha value is -1.67. The van der Waals surface area contributed by atoms with Crippen molar-refractivity contribution in [1.82, 2.24) is 4.98 Å². The highest BCUT2D eigenvalue weighted by Crippen LogP contribution is 2.28. The fourth-order valence-corrected chi connectivity index (χ4v) is 3.01. The number of hydrogen-bond acceptors (Lipinski definition) is 2. The number of hydrogen-bond donors (Lipinski definition) is 0. The zero-order valence-electron chi connectivity index (χ0n) is 10.6. The van der Waals surface area contributed by atoms with E-state index >= 15 is 0 Å². The Bertz CT molecular complexity index is 697. The van der Waals surface area contributed by atoms with Gasteiger partial charge in [-0.05, 0) is 43.7 Å². The molecule has 18 heavy (non-hydrogen) atoms. The monoisotopic (exact) mass is 253 g/mol. The van der Waals surface area contributed by atoms with E-state index in [0.29, 0.717) is 0 Å². The second-order valence-corrected chi connectivity index (χ2v) is 5.68. The summed E-state index contributed by atoms with van der Waals surface area (Å²) in [6.07, 6.45) is 1.09. The molecule has 2 aromatic heterocycles. The molecule has 0 saturated heterocycles. The van der Waals surface area contributed by atoms with Crippen LogP contribution in [-0.2, 0) is 6.42 Å². The summed E-state index contributed by atoms with van der Waals surface area (Å²) in [6, 6.07) is 15.0. The van der Waals surface area contributed by atoms with E-state index in [1.54, 1.807) is 0 Å². The van der Waals surface area contributed by atoms with Crippen LogP contribution < -0.4 is 0 Å². The van der Waals surface area contributed by atoms with Crippen LogP contribution in [-0.4, -0.2) is 4.98 Å². The van der Waals surface area contributed by atoms with E-state index in [0.717, 1.165) is 17.6 Å². The number of thiophene rings is 1. The summed E-state index contributed by atoms with van der Waals surface area (Å²) in [4.78, 5) is 7.42. The maximum Gasteiger partial charge on any atom is 0.0809 e. The lowest BCUT2D eigenvalue weighted by Crippen LogP contribution is -1.83. The summed E-state index contributed by atoms with van der Waals surface area (Å²) in [5, 5.41) is 1.21. The number of nitrogens with zero attached hydrogens (tertiary/aromatic N) is 1. The van der Waals surface area contributed by atoms with Crippen LogP contribution in [0.1, 0.15) is 17.4 Å². The minimum Gasteiger partial charge on any atom is -0.247 e. The first-order valence-corrected chi connectivity index (χ1v) is 7.04. The molecule has 0 unspecified atom stereocenters. The topological polar surface area (TPSA) is 12.9 Å². The van der Waals surface area contributed by atoms with E-state index < -0.39 is 0 Å². The maximum absolute atomic E-state index is 4.74. The summed E-state index contributed by atoms with van der Waals surface area (Å²) < 4.78 is 0. The van der Waals surface area contributed by atoms with Crippen molar-refractivity contribution in [3.8, 4) is 10.6 Å². The molecule has 0 bridgehead atoms.